The lowest BCUT2D eigenvalue weighted by molar-refractivity contribution is -0.114. The third-order valence-corrected chi connectivity index (χ3v) is 3.89. The average Bonchev–Trinajstić information content (AvgIpc) is 2.84. The second-order valence-electron chi connectivity index (χ2n) is 4.71. The first-order valence-corrected chi connectivity index (χ1v) is 7.36. The van der Waals surface area contributed by atoms with Crippen molar-refractivity contribution in [2.45, 2.75) is 19.9 Å². The van der Waals surface area contributed by atoms with Crippen molar-refractivity contribution in [1.29, 1.82) is 0 Å². The van der Waals surface area contributed by atoms with Crippen molar-refractivity contribution in [2.24, 2.45) is 0 Å². The van der Waals surface area contributed by atoms with Gasteiger partial charge in [-0.05, 0) is 36.1 Å². The Kier molecular flexibility index (Phi) is 4.59. The average molecular weight is 303 g/mol. The molecular weight excluding hydrogens is 286 g/mol. The molecule has 2 rings (SSSR count). The van der Waals surface area contributed by atoms with Crippen molar-refractivity contribution in [3.05, 3.63) is 46.2 Å². The quantitative estimate of drug-likeness (QED) is 0.812. The Hall–Kier alpha value is -2.34. The lowest BCUT2D eigenvalue weighted by Gasteiger charge is -2.15. The molecule has 0 saturated carbocycles. The number of nitrogens with one attached hydrogen (secondary N) is 2. The lowest BCUT2D eigenvalue weighted by atomic mass is 10.1. The summed E-state index contributed by atoms with van der Waals surface area (Å²) in [6, 6.07) is 8.90. The maximum atomic E-state index is 12.1. The third-order valence-electron chi connectivity index (χ3n) is 2.96. The van der Waals surface area contributed by atoms with Gasteiger partial charge in [0.2, 0.25) is 5.91 Å². The van der Waals surface area contributed by atoms with Crippen molar-refractivity contribution in [2.75, 3.05) is 11.1 Å². The van der Waals surface area contributed by atoms with Gasteiger partial charge in [-0.3, -0.25) is 9.59 Å². The summed E-state index contributed by atoms with van der Waals surface area (Å²) in [6.45, 7) is 3.34. The van der Waals surface area contributed by atoms with E-state index in [1.165, 1.54) is 18.3 Å². The summed E-state index contributed by atoms with van der Waals surface area (Å²) in [6.07, 6.45) is 0. The minimum absolute atomic E-state index is 0.129. The van der Waals surface area contributed by atoms with Gasteiger partial charge in [-0.15, -0.1) is 11.3 Å². The van der Waals surface area contributed by atoms with Crippen molar-refractivity contribution in [1.82, 2.24) is 5.32 Å². The van der Waals surface area contributed by atoms with Crippen LogP contribution in [0.25, 0.3) is 0 Å². The molecule has 0 saturated heterocycles. The van der Waals surface area contributed by atoms with Crippen LogP contribution in [0.1, 0.15) is 35.1 Å². The zero-order valence-electron chi connectivity index (χ0n) is 11.8. The number of hydrogen-bond acceptors (Lipinski definition) is 4. The van der Waals surface area contributed by atoms with Gasteiger partial charge in [0, 0.05) is 12.6 Å². The zero-order chi connectivity index (χ0) is 15.4. The Balaban J connectivity index is 2.10. The number of benzene rings is 1. The highest BCUT2D eigenvalue weighted by Gasteiger charge is 2.15. The smallest absolute Gasteiger partial charge is 0.263 e. The Morgan fingerprint density at radius 2 is 2.05 bits per heavy atom. The van der Waals surface area contributed by atoms with Gasteiger partial charge in [0.1, 0.15) is 4.88 Å². The van der Waals surface area contributed by atoms with E-state index in [1.54, 1.807) is 17.5 Å². The summed E-state index contributed by atoms with van der Waals surface area (Å²) in [4.78, 5) is 23.7. The molecule has 2 amide bonds. The van der Waals surface area contributed by atoms with Crippen LogP contribution in [0.15, 0.2) is 35.7 Å². The first kappa shape index (κ1) is 15.1. The van der Waals surface area contributed by atoms with Gasteiger partial charge in [0.15, 0.2) is 0 Å². The highest BCUT2D eigenvalue weighted by Crippen LogP contribution is 2.21. The van der Waals surface area contributed by atoms with Gasteiger partial charge in [-0.2, -0.15) is 0 Å². The first-order valence-electron chi connectivity index (χ1n) is 6.48. The van der Waals surface area contributed by atoms with Gasteiger partial charge in [0.25, 0.3) is 5.91 Å². The van der Waals surface area contributed by atoms with E-state index >= 15 is 0 Å². The van der Waals surface area contributed by atoms with Crippen LogP contribution in [-0.4, -0.2) is 11.8 Å². The van der Waals surface area contributed by atoms with Gasteiger partial charge in [-0.25, -0.2) is 0 Å². The highest BCUT2D eigenvalue weighted by atomic mass is 32.1. The monoisotopic (exact) mass is 303 g/mol. The van der Waals surface area contributed by atoms with Crippen molar-refractivity contribution in [3.63, 3.8) is 0 Å². The Morgan fingerprint density at radius 3 is 2.67 bits per heavy atom. The molecule has 0 aliphatic rings. The molecule has 1 unspecified atom stereocenters. The summed E-state index contributed by atoms with van der Waals surface area (Å²) in [5.41, 5.74) is 7.83. The lowest BCUT2D eigenvalue weighted by Crippen LogP contribution is -2.26. The molecule has 110 valence electrons. The van der Waals surface area contributed by atoms with Crippen LogP contribution < -0.4 is 16.4 Å². The van der Waals surface area contributed by atoms with Crippen molar-refractivity contribution in [3.8, 4) is 0 Å². The van der Waals surface area contributed by atoms with E-state index in [0.29, 0.717) is 16.3 Å². The minimum atomic E-state index is -0.195. The number of amides is 2. The molecule has 0 fully saturated rings. The summed E-state index contributed by atoms with van der Waals surface area (Å²) in [5, 5.41) is 7.40. The van der Waals surface area contributed by atoms with Gasteiger partial charge < -0.3 is 16.4 Å². The van der Waals surface area contributed by atoms with Crippen LogP contribution in [0.4, 0.5) is 11.4 Å². The number of carbonyl (C=O) groups excluding carboxylic acids is 2. The maximum Gasteiger partial charge on any atom is 0.263 e. The number of anilines is 2. The van der Waals surface area contributed by atoms with Crippen molar-refractivity contribution >= 4 is 34.5 Å². The SMILES string of the molecule is CC(=O)Nc1cccc(C(C)NC(=O)c2sccc2N)c1. The van der Waals surface area contributed by atoms with Gasteiger partial charge >= 0.3 is 0 Å². The largest absolute Gasteiger partial charge is 0.397 e. The van der Waals surface area contributed by atoms with E-state index in [0.717, 1.165) is 5.56 Å². The standard InChI is InChI=1S/C15H17N3O2S/c1-9(17-15(20)14-13(16)6-7-21-14)11-4-3-5-12(8-11)18-10(2)19/h3-9H,16H2,1-2H3,(H,17,20)(H,18,19). The molecule has 1 aromatic carbocycles. The molecule has 1 aromatic heterocycles. The third kappa shape index (κ3) is 3.82. The molecular formula is C15H17N3O2S. The Bertz CT molecular complexity index is 666. The molecule has 0 aliphatic carbocycles. The molecule has 2 aromatic rings. The second-order valence-corrected chi connectivity index (χ2v) is 5.62. The molecule has 21 heavy (non-hydrogen) atoms. The second kappa shape index (κ2) is 6.41. The number of hydrogen-bond donors (Lipinski definition) is 3. The van der Waals surface area contributed by atoms with Crippen LogP contribution in [0, 0.1) is 0 Å². The summed E-state index contributed by atoms with van der Waals surface area (Å²) >= 11 is 1.31. The van der Waals surface area contributed by atoms with E-state index in [9.17, 15) is 9.59 Å². The predicted octanol–water partition coefficient (Wildman–Crippen LogP) is 2.78. The molecule has 0 radical (unpaired) electrons. The summed E-state index contributed by atoms with van der Waals surface area (Å²) in [7, 11) is 0. The number of nitrogen functional groups attached to an aromatic ring is 1. The van der Waals surface area contributed by atoms with E-state index in [4.69, 9.17) is 5.73 Å². The van der Waals surface area contributed by atoms with Crippen LogP contribution in [-0.2, 0) is 4.79 Å². The molecule has 0 bridgehead atoms. The fraction of sp³-hybridized carbons (Fsp3) is 0.200. The van der Waals surface area contributed by atoms with Crippen LogP contribution >= 0.6 is 11.3 Å². The Labute approximate surface area is 127 Å². The molecule has 0 aliphatic heterocycles. The first-order chi connectivity index (χ1) is 9.97. The molecule has 1 atom stereocenters. The Morgan fingerprint density at radius 1 is 1.29 bits per heavy atom. The normalized spacial score (nSPS) is 11.7. The number of nitrogens with two attached hydrogens (primary N) is 1. The van der Waals surface area contributed by atoms with E-state index in [-0.39, 0.29) is 17.9 Å². The summed E-state index contributed by atoms with van der Waals surface area (Å²) in [5.74, 6) is -0.324. The molecule has 5 nitrogen and oxygen atoms in total. The summed E-state index contributed by atoms with van der Waals surface area (Å²) < 4.78 is 0. The molecule has 6 heteroatoms. The van der Waals surface area contributed by atoms with Crippen molar-refractivity contribution < 1.29 is 9.59 Å². The number of rotatable bonds is 4. The van der Waals surface area contributed by atoms with Crippen LogP contribution in [0.2, 0.25) is 0 Å². The zero-order valence-corrected chi connectivity index (χ0v) is 12.7. The van der Waals surface area contributed by atoms with Crippen LogP contribution in [0.3, 0.4) is 0 Å². The van der Waals surface area contributed by atoms with Gasteiger partial charge in [-0.1, -0.05) is 12.1 Å². The number of thiophene rings is 1. The minimum Gasteiger partial charge on any atom is -0.397 e. The van der Waals surface area contributed by atoms with E-state index in [2.05, 4.69) is 10.6 Å². The fourth-order valence-electron chi connectivity index (χ4n) is 1.94. The fourth-order valence-corrected chi connectivity index (χ4v) is 2.66. The topological polar surface area (TPSA) is 84.2 Å². The number of carbonyl (C=O) groups is 2. The van der Waals surface area contributed by atoms with Crippen LogP contribution in [0.5, 0.6) is 0 Å². The van der Waals surface area contributed by atoms with E-state index in [1.807, 2.05) is 25.1 Å². The molecule has 1 heterocycles. The van der Waals surface area contributed by atoms with Gasteiger partial charge in [0.05, 0.1) is 11.7 Å². The maximum absolute atomic E-state index is 12.1. The predicted molar refractivity (Wildman–Crippen MR) is 85.4 cm³/mol. The highest BCUT2D eigenvalue weighted by molar-refractivity contribution is 7.12. The van der Waals surface area contributed by atoms with E-state index < -0.39 is 0 Å². The molecule has 0 spiro atoms. The molecule has 4 N–H and O–H groups in total.